The van der Waals surface area contributed by atoms with Crippen molar-refractivity contribution in [2.24, 2.45) is 0 Å². The lowest BCUT2D eigenvalue weighted by atomic mass is 9.85. The van der Waals surface area contributed by atoms with E-state index >= 15 is 0 Å². The van der Waals surface area contributed by atoms with E-state index < -0.39 is 0 Å². The van der Waals surface area contributed by atoms with Crippen molar-refractivity contribution in [1.82, 2.24) is 9.88 Å². The number of aliphatic hydroxyl groups is 1. The van der Waals surface area contributed by atoms with Crippen LogP contribution in [0.2, 0.25) is 10.0 Å². The molecule has 0 unspecified atom stereocenters. The number of fused-ring (bicyclic) bond motifs is 1. The van der Waals surface area contributed by atoms with E-state index in [2.05, 4.69) is 4.98 Å². The maximum atomic E-state index is 13.6. The van der Waals surface area contributed by atoms with E-state index in [-0.39, 0.29) is 36.6 Å². The van der Waals surface area contributed by atoms with Crippen LogP contribution in [0.25, 0.3) is 0 Å². The Labute approximate surface area is 202 Å². The van der Waals surface area contributed by atoms with Crippen LogP contribution >= 0.6 is 23.2 Å². The zero-order valence-corrected chi connectivity index (χ0v) is 20.3. The second-order valence-electron chi connectivity index (χ2n) is 8.59. The highest BCUT2D eigenvalue weighted by molar-refractivity contribution is 6.37. The number of carbonyl (C=O) groups is 1. The van der Waals surface area contributed by atoms with Crippen LogP contribution in [-0.4, -0.2) is 53.9 Å². The minimum Gasteiger partial charge on any atom is -0.496 e. The van der Waals surface area contributed by atoms with Crippen LogP contribution < -0.4 is 10.3 Å². The second-order valence-corrected chi connectivity index (χ2v) is 9.38. The molecule has 2 aliphatic heterocycles. The fourth-order valence-electron chi connectivity index (χ4n) is 4.89. The van der Waals surface area contributed by atoms with Crippen molar-refractivity contribution in [3.63, 3.8) is 0 Å². The first kappa shape index (κ1) is 24.1. The Hall–Kier alpha value is -2.06. The first-order valence-corrected chi connectivity index (χ1v) is 11.9. The number of aromatic amines is 1. The summed E-state index contributed by atoms with van der Waals surface area (Å²) in [4.78, 5) is 30.5. The molecule has 0 bridgehead atoms. The third-order valence-electron chi connectivity index (χ3n) is 6.53. The molecule has 2 N–H and O–H groups in total. The van der Waals surface area contributed by atoms with Gasteiger partial charge in [0.25, 0.3) is 11.5 Å². The maximum Gasteiger partial charge on any atom is 0.256 e. The van der Waals surface area contributed by atoms with Gasteiger partial charge in [-0.25, -0.2) is 0 Å². The average Bonchev–Trinajstić information content (AvgIpc) is 3.32. The summed E-state index contributed by atoms with van der Waals surface area (Å²) in [7, 11) is 1.50. The Morgan fingerprint density at radius 3 is 2.79 bits per heavy atom. The summed E-state index contributed by atoms with van der Waals surface area (Å²) in [5, 5.41) is 10.5. The topological polar surface area (TPSA) is 91.9 Å². The lowest BCUT2D eigenvalue weighted by molar-refractivity contribution is 0.0721. The smallest absolute Gasteiger partial charge is 0.256 e. The van der Waals surface area contributed by atoms with Crippen molar-refractivity contribution in [3.8, 4) is 5.75 Å². The lowest BCUT2D eigenvalue weighted by Crippen LogP contribution is -2.39. The molecule has 2 aliphatic rings. The van der Waals surface area contributed by atoms with Crippen LogP contribution in [0, 0.1) is 6.92 Å². The van der Waals surface area contributed by atoms with Gasteiger partial charge in [-0.1, -0.05) is 23.2 Å². The van der Waals surface area contributed by atoms with Gasteiger partial charge in [0.2, 0.25) is 0 Å². The van der Waals surface area contributed by atoms with E-state index in [9.17, 15) is 14.7 Å². The molecule has 3 heterocycles. The number of nitrogens with one attached hydrogen (secondary N) is 1. The number of benzene rings is 1. The number of amides is 1. The number of H-pyrrole nitrogens is 1. The number of pyridine rings is 1. The number of hydrogen-bond donors (Lipinski definition) is 2. The van der Waals surface area contributed by atoms with Gasteiger partial charge in [0.15, 0.2) is 0 Å². The van der Waals surface area contributed by atoms with Crippen LogP contribution in [0.15, 0.2) is 16.9 Å². The Bertz CT molecular complexity index is 1110. The number of aryl methyl sites for hydroxylation is 1. The van der Waals surface area contributed by atoms with Crippen LogP contribution in [0.5, 0.6) is 5.75 Å². The fraction of sp³-hybridized carbons (Fsp3) is 0.500. The van der Waals surface area contributed by atoms with Gasteiger partial charge in [-0.3, -0.25) is 9.59 Å². The third kappa shape index (κ3) is 4.64. The van der Waals surface area contributed by atoms with Gasteiger partial charge < -0.3 is 24.5 Å². The van der Waals surface area contributed by atoms with Crippen LogP contribution in [0.1, 0.15) is 57.9 Å². The molecule has 7 nitrogen and oxygen atoms in total. The molecule has 2 atom stereocenters. The molecular formula is C24H28Cl2N2O5. The van der Waals surface area contributed by atoms with E-state index in [4.69, 9.17) is 32.7 Å². The predicted molar refractivity (Wildman–Crippen MR) is 127 cm³/mol. The minimum absolute atomic E-state index is 0.0222. The molecule has 1 amide bonds. The summed E-state index contributed by atoms with van der Waals surface area (Å²) in [5.41, 5.74) is 2.59. The van der Waals surface area contributed by atoms with Crippen molar-refractivity contribution in [2.75, 3.05) is 26.9 Å². The summed E-state index contributed by atoms with van der Waals surface area (Å²) in [6.07, 6.45) is 2.73. The van der Waals surface area contributed by atoms with E-state index in [1.165, 1.54) is 7.11 Å². The number of nitrogens with zero attached hydrogens (tertiary/aromatic N) is 1. The second kappa shape index (κ2) is 10.1. The first-order valence-electron chi connectivity index (χ1n) is 11.1. The van der Waals surface area contributed by atoms with Gasteiger partial charge in [0.05, 0.1) is 35.9 Å². The fourth-order valence-corrected chi connectivity index (χ4v) is 5.58. The third-order valence-corrected chi connectivity index (χ3v) is 7.27. The van der Waals surface area contributed by atoms with Crippen molar-refractivity contribution in [3.05, 3.63) is 60.5 Å². The molecule has 2 aromatic rings. The number of aromatic nitrogens is 1. The van der Waals surface area contributed by atoms with Crippen LogP contribution in [0.3, 0.4) is 0 Å². The standard InChI is InChI=1S/C24H28Cl2N2O5/c1-13-10-20(32-2)17(23(30)27-13)12-28-7-5-15-18(25)11-16(22(26)21(15)24(28)31)14(6-8-29)19-4-3-9-33-19/h10-11,14,19,29H,3-9,12H2,1-2H3,(H,27,30)/t14-,19+/m0/s1. The number of aliphatic hydroxyl groups excluding tert-OH is 1. The van der Waals surface area contributed by atoms with Gasteiger partial charge in [-0.15, -0.1) is 0 Å². The minimum atomic E-state index is -0.287. The highest BCUT2D eigenvalue weighted by atomic mass is 35.5. The molecule has 0 radical (unpaired) electrons. The predicted octanol–water partition coefficient (Wildman–Crippen LogP) is 3.84. The quantitative estimate of drug-likeness (QED) is 0.609. The van der Waals surface area contributed by atoms with E-state index in [0.717, 1.165) is 18.4 Å². The number of ether oxygens (including phenoxy) is 2. The molecule has 1 aromatic heterocycles. The number of rotatable bonds is 7. The van der Waals surface area contributed by atoms with Crippen LogP contribution in [0.4, 0.5) is 0 Å². The zero-order chi connectivity index (χ0) is 23.7. The van der Waals surface area contributed by atoms with Gasteiger partial charge in [-0.2, -0.15) is 0 Å². The Balaban J connectivity index is 1.71. The monoisotopic (exact) mass is 494 g/mol. The number of carbonyl (C=O) groups excluding carboxylic acids is 1. The molecule has 0 saturated carbocycles. The van der Waals surface area contributed by atoms with Crippen molar-refractivity contribution in [1.29, 1.82) is 0 Å². The van der Waals surface area contributed by atoms with E-state index in [0.29, 0.717) is 64.2 Å². The molecule has 1 fully saturated rings. The Kier molecular flexibility index (Phi) is 7.34. The first-order chi connectivity index (χ1) is 15.8. The summed E-state index contributed by atoms with van der Waals surface area (Å²) in [6.45, 7) is 2.93. The molecule has 0 spiro atoms. The summed E-state index contributed by atoms with van der Waals surface area (Å²) in [6, 6.07) is 3.56. The van der Waals surface area contributed by atoms with E-state index in [1.807, 2.05) is 6.07 Å². The SMILES string of the molecule is COc1cc(C)[nH]c(=O)c1CN1CCc2c(Cl)cc([C@H](CCO)[C@H]3CCCO3)c(Cl)c2C1=O. The van der Waals surface area contributed by atoms with Crippen LogP contribution in [-0.2, 0) is 17.7 Å². The van der Waals surface area contributed by atoms with Crippen molar-refractivity contribution < 1.29 is 19.4 Å². The van der Waals surface area contributed by atoms with Gasteiger partial charge in [-0.05, 0) is 55.9 Å². The normalized spacial score (nSPS) is 19.0. The average molecular weight is 495 g/mol. The Morgan fingerprint density at radius 2 is 2.12 bits per heavy atom. The molecule has 9 heteroatoms. The molecule has 4 rings (SSSR count). The molecule has 0 aliphatic carbocycles. The highest BCUT2D eigenvalue weighted by Crippen LogP contribution is 2.42. The molecule has 1 aromatic carbocycles. The molecular weight excluding hydrogens is 467 g/mol. The van der Waals surface area contributed by atoms with Crippen molar-refractivity contribution >= 4 is 29.1 Å². The van der Waals surface area contributed by atoms with Gasteiger partial charge in [0.1, 0.15) is 5.75 Å². The maximum absolute atomic E-state index is 13.6. The summed E-state index contributed by atoms with van der Waals surface area (Å²) in [5.74, 6) is 0.00671. The molecule has 33 heavy (non-hydrogen) atoms. The lowest BCUT2D eigenvalue weighted by Gasteiger charge is -2.32. The van der Waals surface area contributed by atoms with Crippen molar-refractivity contribution in [2.45, 2.75) is 51.2 Å². The number of methoxy groups -OCH3 is 1. The highest BCUT2D eigenvalue weighted by Gasteiger charge is 2.35. The van der Waals surface area contributed by atoms with Gasteiger partial charge >= 0.3 is 0 Å². The largest absolute Gasteiger partial charge is 0.496 e. The van der Waals surface area contributed by atoms with E-state index in [1.54, 1.807) is 17.9 Å². The van der Waals surface area contributed by atoms with Gasteiger partial charge in [0, 0.05) is 36.4 Å². The molecule has 178 valence electrons. The zero-order valence-electron chi connectivity index (χ0n) is 18.7. The number of halogens is 2. The molecule has 1 saturated heterocycles. The Morgan fingerprint density at radius 1 is 1.33 bits per heavy atom. The summed E-state index contributed by atoms with van der Waals surface area (Å²) < 4.78 is 11.3. The number of hydrogen-bond acceptors (Lipinski definition) is 5. The summed E-state index contributed by atoms with van der Waals surface area (Å²) >= 11 is 13.5.